The van der Waals surface area contributed by atoms with E-state index in [1.807, 2.05) is 31.2 Å². The molecule has 1 aromatic rings. The van der Waals surface area contributed by atoms with Gasteiger partial charge in [0.05, 0.1) is 6.54 Å². The van der Waals surface area contributed by atoms with Crippen LogP contribution in [0.1, 0.15) is 12.5 Å². The molecule has 23 heavy (non-hydrogen) atoms. The summed E-state index contributed by atoms with van der Waals surface area (Å²) in [6.07, 6.45) is 1.78. The first kappa shape index (κ1) is 18.5. The number of hydrogen-bond acceptors (Lipinski definition) is 3. The van der Waals surface area contributed by atoms with Gasteiger partial charge in [-0.1, -0.05) is 18.2 Å². The van der Waals surface area contributed by atoms with Crippen molar-refractivity contribution in [3.8, 4) is 5.75 Å². The highest BCUT2D eigenvalue weighted by molar-refractivity contribution is 5.79. The monoisotopic (exact) mass is 318 g/mol. The summed E-state index contributed by atoms with van der Waals surface area (Å²) in [6, 6.07) is 7.59. The van der Waals surface area contributed by atoms with Crippen LogP contribution in [0.5, 0.6) is 5.75 Å². The third kappa shape index (κ3) is 7.35. The zero-order chi connectivity index (χ0) is 17.1. The molecule has 2 N–H and O–H groups in total. The van der Waals surface area contributed by atoms with Gasteiger partial charge in [0.15, 0.2) is 12.6 Å². The first-order valence-electron chi connectivity index (χ1n) is 7.61. The van der Waals surface area contributed by atoms with Crippen molar-refractivity contribution in [2.45, 2.75) is 13.5 Å². The van der Waals surface area contributed by atoms with Gasteiger partial charge in [0.2, 0.25) is 0 Å². The number of aliphatic imine (C=N–C) groups is 1. The number of nitrogens with one attached hydrogen (secondary N) is 2. The second-order valence-electron chi connectivity index (χ2n) is 5.09. The van der Waals surface area contributed by atoms with Gasteiger partial charge >= 0.3 is 0 Å². The molecule has 1 rings (SSSR count). The number of guanidine groups is 1. The number of amides is 1. The van der Waals surface area contributed by atoms with Crippen LogP contribution in [0.15, 0.2) is 41.9 Å². The number of benzene rings is 1. The Labute approximate surface area is 138 Å². The number of rotatable bonds is 8. The van der Waals surface area contributed by atoms with Crippen LogP contribution in [-0.4, -0.2) is 50.6 Å². The van der Waals surface area contributed by atoms with Crippen LogP contribution in [0, 0.1) is 0 Å². The van der Waals surface area contributed by atoms with Gasteiger partial charge in [-0.25, -0.2) is 4.99 Å². The summed E-state index contributed by atoms with van der Waals surface area (Å²) in [5.41, 5.74) is 1.01. The van der Waals surface area contributed by atoms with Gasteiger partial charge in [0.25, 0.3) is 5.91 Å². The Balaban J connectivity index is 2.64. The van der Waals surface area contributed by atoms with Crippen LogP contribution < -0.4 is 15.4 Å². The lowest BCUT2D eigenvalue weighted by Gasteiger charge is -2.12. The third-order valence-electron chi connectivity index (χ3n) is 2.94. The molecule has 6 heteroatoms. The van der Waals surface area contributed by atoms with E-state index in [1.54, 1.807) is 20.2 Å². The Hall–Kier alpha value is -2.50. The highest BCUT2D eigenvalue weighted by Crippen LogP contribution is 2.14. The van der Waals surface area contributed by atoms with Crippen molar-refractivity contribution < 1.29 is 9.53 Å². The average Bonchev–Trinajstić information content (AvgIpc) is 2.55. The molecule has 1 amide bonds. The first-order valence-corrected chi connectivity index (χ1v) is 7.61. The Morgan fingerprint density at radius 2 is 2.17 bits per heavy atom. The second-order valence-corrected chi connectivity index (χ2v) is 5.09. The molecular weight excluding hydrogens is 292 g/mol. The van der Waals surface area contributed by atoms with Gasteiger partial charge in [0, 0.05) is 27.2 Å². The number of ether oxygens (including phenoxy) is 1. The van der Waals surface area contributed by atoms with Crippen molar-refractivity contribution in [3.63, 3.8) is 0 Å². The van der Waals surface area contributed by atoms with Crippen LogP contribution in [0.3, 0.4) is 0 Å². The molecular formula is C17H26N4O2. The van der Waals surface area contributed by atoms with Crippen LogP contribution in [0.25, 0.3) is 0 Å². The zero-order valence-electron chi connectivity index (χ0n) is 14.1. The van der Waals surface area contributed by atoms with E-state index in [9.17, 15) is 4.79 Å². The van der Waals surface area contributed by atoms with E-state index in [-0.39, 0.29) is 12.5 Å². The molecule has 0 aromatic heterocycles. The molecule has 1 aromatic carbocycles. The fourth-order valence-corrected chi connectivity index (χ4v) is 1.69. The molecule has 0 bridgehead atoms. The minimum Gasteiger partial charge on any atom is -0.484 e. The average molecular weight is 318 g/mol. The van der Waals surface area contributed by atoms with Gasteiger partial charge in [-0.15, -0.1) is 6.58 Å². The topological polar surface area (TPSA) is 66.0 Å². The summed E-state index contributed by atoms with van der Waals surface area (Å²) in [7, 11) is 3.41. The van der Waals surface area contributed by atoms with E-state index in [2.05, 4.69) is 22.2 Å². The van der Waals surface area contributed by atoms with E-state index in [0.29, 0.717) is 18.8 Å². The van der Waals surface area contributed by atoms with Gasteiger partial charge in [0.1, 0.15) is 5.75 Å². The number of likely N-dealkylation sites (N-methyl/N-ethyl adjacent to an activating group) is 1. The zero-order valence-corrected chi connectivity index (χ0v) is 14.1. The van der Waals surface area contributed by atoms with Crippen molar-refractivity contribution >= 4 is 11.9 Å². The number of carbonyl (C=O) groups is 1. The molecule has 0 unspecified atom stereocenters. The number of hydrogen-bond donors (Lipinski definition) is 2. The molecule has 0 heterocycles. The van der Waals surface area contributed by atoms with Crippen molar-refractivity contribution in [1.29, 1.82) is 0 Å². The maximum atomic E-state index is 11.5. The lowest BCUT2D eigenvalue weighted by molar-refractivity contribution is -0.130. The highest BCUT2D eigenvalue weighted by atomic mass is 16.5. The summed E-state index contributed by atoms with van der Waals surface area (Å²) < 4.78 is 5.50. The van der Waals surface area contributed by atoms with Gasteiger partial charge in [-0.05, 0) is 24.6 Å². The maximum absolute atomic E-state index is 11.5. The summed E-state index contributed by atoms with van der Waals surface area (Å²) in [6.45, 7) is 7.69. The van der Waals surface area contributed by atoms with E-state index < -0.39 is 0 Å². The fraction of sp³-hybridized carbons (Fsp3) is 0.412. The van der Waals surface area contributed by atoms with Gasteiger partial charge in [-0.2, -0.15) is 0 Å². The molecule has 0 saturated heterocycles. The maximum Gasteiger partial charge on any atom is 0.259 e. The van der Waals surface area contributed by atoms with E-state index in [1.165, 1.54) is 4.90 Å². The van der Waals surface area contributed by atoms with Crippen molar-refractivity contribution in [1.82, 2.24) is 15.5 Å². The lowest BCUT2D eigenvalue weighted by atomic mass is 10.2. The molecule has 0 aliphatic heterocycles. The minimum atomic E-state index is -0.0727. The molecule has 0 atom stereocenters. The van der Waals surface area contributed by atoms with Gasteiger partial charge in [-0.3, -0.25) is 4.79 Å². The molecule has 0 spiro atoms. The Morgan fingerprint density at radius 3 is 2.83 bits per heavy atom. The first-order chi connectivity index (χ1) is 11.1. The van der Waals surface area contributed by atoms with Crippen molar-refractivity contribution in [2.75, 3.05) is 33.8 Å². The Morgan fingerprint density at radius 1 is 1.39 bits per heavy atom. The highest BCUT2D eigenvalue weighted by Gasteiger charge is 2.05. The van der Waals surface area contributed by atoms with Crippen molar-refractivity contribution in [3.05, 3.63) is 42.5 Å². The van der Waals surface area contributed by atoms with Crippen LogP contribution in [0.2, 0.25) is 0 Å². The molecule has 0 saturated carbocycles. The molecule has 126 valence electrons. The molecule has 0 radical (unpaired) electrons. The second kappa shape index (κ2) is 10.3. The Bertz CT molecular complexity index is 541. The minimum absolute atomic E-state index is 0.0310. The van der Waals surface area contributed by atoms with E-state index in [4.69, 9.17) is 4.74 Å². The standard InChI is InChI=1S/C17H26N4O2/c1-5-10-19-17(18-6-2)20-12-14-8-7-9-15(11-14)23-13-16(22)21(3)4/h5,7-9,11H,1,6,10,12-13H2,2-4H3,(H2,18,19,20). The summed E-state index contributed by atoms with van der Waals surface area (Å²) in [4.78, 5) is 17.5. The number of carbonyl (C=O) groups excluding carboxylic acids is 1. The number of nitrogens with zero attached hydrogens (tertiary/aromatic N) is 2. The summed E-state index contributed by atoms with van der Waals surface area (Å²) in [5, 5.41) is 6.31. The van der Waals surface area contributed by atoms with Gasteiger partial charge < -0.3 is 20.3 Å². The quantitative estimate of drug-likeness (QED) is 0.432. The van der Waals surface area contributed by atoms with E-state index in [0.717, 1.165) is 18.1 Å². The molecule has 6 nitrogen and oxygen atoms in total. The largest absolute Gasteiger partial charge is 0.484 e. The van der Waals surface area contributed by atoms with E-state index >= 15 is 0 Å². The summed E-state index contributed by atoms with van der Waals surface area (Å²) >= 11 is 0. The molecule has 0 aliphatic rings. The fourth-order valence-electron chi connectivity index (χ4n) is 1.69. The predicted octanol–water partition coefficient (Wildman–Crippen LogP) is 1.39. The summed E-state index contributed by atoms with van der Waals surface area (Å²) in [5.74, 6) is 1.33. The van der Waals surface area contributed by atoms with Crippen LogP contribution in [0.4, 0.5) is 0 Å². The lowest BCUT2D eigenvalue weighted by Crippen LogP contribution is -2.37. The Kier molecular flexibility index (Phi) is 8.28. The third-order valence-corrected chi connectivity index (χ3v) is 2.94. The van der Waals surface area contributed by atoms with Crippen LogP contribution in [-0.2, 0) is 11.3 Å². The van der Waals surface area contributed by atoms with Crippen molar-refractivity contribution in [2.24, 2.45) is 4.99 Å². The smallest absolute Gasteiger partial charge is 0.259 e. The molecule has 0 aliphatic carbocycles. The predicted molar refractivity (Wildman–Crippen MR) is 93.6 cm³/mol. The SMILES string of the molecule is C=CCNC(=NCc1cccc(OCC(=O)N(C)C)c1)NCC. The van der Waals surface area contributed by atoms with Crippen LogP contribution >= 0.6 is 0 Å². The molecule has 0 fully saturated rings. The normalized spacial score (nSPS) is 10.8.